The molecule has 0 aliphatic rings. The van der Waals surface area contributed by atoms with E-state index in [1.807, 2.05) is 0 Å². The quantitative estimate of drug-likeness (QED) is 0.336. The second kappa shape index (κ2) is 51.0. The first-order valence-corrected chi connectivity index (χ1v) is 0.447. The molecule has 0 heterocycles. The second-order valence-corrected chi connectivity index (χ2v) is 0. The van der Waals surface area contributed by atoms with Crippen LogP contribution < -0.4 is 12.4 Å². The molecule has 0 bridgehead atoms. The molecule has 0 spiro atoms. The molecule has 1 nitrogen and oxygen atoms in total. The van der Waals surface area contributed by atoms with Gasteiger partial charge in [0.05, 0.1) is 0 Å². The molecule has 4 heavy (non-hydrogen) atoms. The van der Waals surface area contributed by atoms with Crippen molar-refractivity contribution in [2.45, 2.75) is 0 Å². The fraction of sp³-hybridized carbons (Fsp3) is 1.00. The first-order chi connectivity index (χ1) is 1.00. The van der Waals surface area contributed by atoms with Crippen LogP contribution in [0.4, 0.5) is 0 Å². The normalized spacial score (nSPS) is 1.50. The molecular formula is CH4ClNiO-. The number of halogens is 1. The monoisotopic (exact) mass is 125 g/mol. The zero-order chi connectivity index (χ0) is 2.00. The summed E-state index contributed by atoms with van der Waals surface area (Å²) in [6.07, 6.45) is 0. The standard InChI is InChI=1S/CH4O.ClH.Ni/c1-2;;/h2H,1H3;1H;/p-1. The summed E-state index contributed by atoms with van der Waals surface area (Å²) in [5, 5.41) is 7.00. The van der Waals surface area contributed by atoms with Crippen LogP contribution in [0.1, 0.15) is 0 Å². The van der Waals surface area contributed by atoms with Crippen molar-refractivity contribution in [3.63, 3.8) is 0 Å². The molecule has 0 aliphatic heterocycles. The van der Waals surface area contributed by atoms with E-state index in [0.29, 0.717) is 0 Å². The average Bonchev–Trinajstić information content (AvgIpc) is 1.00. The largest absolute Gasteiger partial charge is 1.00 e. The molecule has 0 radical (unpaired) electrons. The molecule has 1 N–H and O–H groups in total. The number of aliphatic hydroxyl groups excluding tert-OH is 1. The molecule has 0 saturated carbocycles. The predicted molar refractivity (Wildman–Crippen MR) is 8.14 cm³/mol. The van der Waals surface area contributed by atoms with E-state index in [4.69, 9.17) is 5.11 Å². The van der Waals surface area contributed by atoms with E-state index in [2.05, 4.69) is 0 Å². The average molecular weight is 126 g/mol. The Morgan fingerprint density at radius 3 is 1.25 bits per heavy atom. The maximum Gasteiger partial charge on any atom is 0.0319 e. The fourth-order valence-corrected chi connectivity index (χ4v) is 0. The van der Waals surface area contributed by atoms with Crippen LogP contribution in [0.25, 0.3) is 0 Å². The maximum atomic E-state index is 7.00. The molecule has 0 amide bonds. The topological polar surface area (TPSA) is 20.2 Å². The summed E-state index contributed by atoms with van der Waals surface area (Å²) < 4.78 is 0. The number of hydrogen-bond acceptors (Lipinski definition) is 1. The van der Waals surface area contributed by atoms with Crippen molar-refractivity contribution in [2.75, 3.05) is 7.11 Å². The summed E-state index contributed by atoms with van der Waals surface area (Å²) in [5.74, 6) is 0. The first-order valence-electron chi connectivity index (χ1n) is 0.447. The minimum absolute atomic E-state index is 0. The van der Waals surface area contributed by atoms with Crippen LogP contribution in [-0.2, 0) is 16.5 Å². The molecule has 32 valence electrons. The van der Waals surface area contributed by atoms with Crippen LogP contribution in [0.15, 0.2) is 0 Å². The Hall–Kier alpha value is 0.744. The fourth-order valence-electron chi connectivity index (χ4n) is 0. The summed E-state index contributed by atoms with van der Waals surface area (Å²) in [6.45, 7) is 0. The van der Waals surface area contributed by atoms with E-state index in [9.17, 15) is 0 Å². The van der Waals surface area contributed by atoms with Crippen molar-refractivity contribution in [3.05, 3.63) is 0 Å². The van der Waals surface area contributed by atoms with E-state index >= 15 is 0 Å². The van der Waals surface area contributed by atoms with Gasteiger partial charge in [-0.25, -0.2) is 0 Å². The molecule has 0 aromatic heterocycles. The van der Waals surface area contributed by atoms with Crippen LogP contribution in [0, 0.1) is 0 Å². The predicted octanol–water partition coefficient (Wildman–Crippen LogP) is -3.39. The van der Waals surface area contributed by atoms with Gasteiger partial charge in [0.15, 0.2) is 0 Å². The van der Waals surface area contributed by atoms with Gasteiger partial charge in [-0.1, -0.05) is 0 Å². The zero-order valence-electron chi connectivity index (χ0n) is 2.14. The van der Waals surface area contributed by atoms with Gasteiger partial charge in [0, 0.05) is 23.6 Å². The van der Waals surface area contributed by atoms with E-state index in [-0.39, 0.29) is 28.9 Å². The number of aliphatic hydroxyl groups is 1. The Kier molecular flexibility index (Phi) is 279. The van der Waals surface area contributed by atoms with Gasteiger partial charge in [-0.05, 0) is 0 Å². The third-order valence-electron chi connectivity index (χ3n) is 0. The Bertz CT molecular complexity index is 8.00. The summed E-state index contributed by atoms with van der Waals surface area (Å²) in [6, 6.07) is 0. The van der Waals surface area contributed by atoms with Crippen molar-refractivity contribution in [1.29, 1.82) is 0 Å². The molecule has 0 aromatic rings. The van der Waals surface area contributed by atoms with Crippen LogP contribution in [0.5, 0.6) is 0 Å². The summed E-state index contributed by atoms with van der Waals surface area (Å²) in [7, 11) is 1.00. The van der Waals surface area contributed by atoms with Gasteiger partial charge in [-0.3, -0.25) is 0 Å². The van der Waals surface area contributed by atoms with Crippen LogP contribution in [0.2, 0.25) is 0 Å². The number of hydrogen-bond donors (Lipinski definition) is 1. The van der Waals surface area contributed by atoms with Gasteiger partial charge in [0.2, 0.25) is 0 Å². The molecule has 0 fully saturated rings. The Labute approximate surface area is 41.7 Å². The molecule has 3 heteroatoms. The molecule has 0 atom stereocenters. The Morgan fingerprint density at radius 1 is 1.25 bits per heavy atom. The molecule has 0 aromatic carbocycles. The van der Waals surface area contributed by atoms with Gasteiger partial charge in [-0.2, -0.15) is 0 Å². The van der Waals surface area contributed by atoms with E-state index in [1.165, 1.54) is 0 Å². The van der Waals surface area contributed by atoms with Crippen molar-refractivity contribution < 1.29 is 34.0 Å². The van der Waals surface area contributed by atoms with Crippen LogP contribution in [0.3, 0.4) is 0 Å². The van der Waals surface area contributed by atoms with Crippen molar-refractivity contribution in [3.8, 4) is 0 Å². The van der Waals surface area contributed by atoms with Gasteiger partial charge in [0.1, 0.15) is 0 Å². The molecule has 0 rings (SSSR count). The smallest absolute Gasteiger partial charge is 0.0319 e. The SMILES string of the molecule is CO.[Cl-].[Ni]. The Balaban J connectivity index is -0.00000000500. The molecular weight excluding hydrogens is 122 g/mol. The van der Waals surface area contributed by atoms with Gasteiger partial charge < -0.3 is 17.5 Å². The van der Waals surface area contributed by atoms with Crippen LogP contribution in [-0.4, -0.2) is 12.2 Å². The van der Waals surface area contributed by atoms with E-state index in [1.54, 1.807) is 0 Å². The second-order valence-electron chi connectivity index (χ2n) is 0. The molecule has 0 saturated heterocycles. The van der Waals surface area contributed by atoms with Crippen molar-refractivity contribution in [2.24, 2.45) is 0 Å². The minimum atomic E-state index is 0. The van der Waals surface area contributed by atoms with E-state index < -0.39 is 0 Å². The number of rotatable bonds is 0. The van der Waals surface area contributed by atoms with Gasteiger partial charge in [-0.15, -0.1) is 0 Å². The zero-order valence-corrected chi connectivity index (χ0v) is 3.88. The van der Waals surface area contributed by atoms with Crippen molar-refractivity contribution >= 4 is 0 Å². The van der Waals surface area contributed by atoms with Gasteiger partial charge >= 0.3 is 0 Å². The minimum Gasteiger partial charge on any atom is -1.00 e. The van der Waals surface area contributed by atoms with Gasteiger partial charge in [0.25, 0.3) is 0 Å². The van der Waals surface area contributed by atoms with Crippen LogP contribution >= 0.6 is 0 Å². The maximum absolute atomic E-state index is 7.00. The summed E-state index contributed by atoms with van der Waals surface area (Å²) in [5.41, 5.74) is 0. The Morgan fingerprint density at radius 2 is 1.25 bits per heavy atom. The third kappa shape index (κ3) is 15.1. The third-order valence-corrected chi connectivity index (χ3v) is 0. The molecule has 0 unspecified atom stereocenters. The first kappa shape index (κ1) is 21.9. The van der Waals surface area contributed by atoms with Crippen molar-refractivity contribution in [1.82, 2.24) is 0 Å². The molecule has 0 aliphatic carbocycles. The summed E-state index contributed by atoms with van der Waals surface area (Å²) >= 11 is 0. The van der Waals surface area contributed by atoms with E-state index in [0.717, 1.165) is 7.11 Å². The summed E-state index contributed by atoms with van der Waals surface area (Å²) in [4.78, 5) is 0.